The fourth-order valence-corrected chi connectivity index (χ4v) is 2.15. The van der Waals surface area contributed by atoms with Gasteiger partial charge in [0.25, 0.3) is 0 Å². The number of ether oxygens (including phenoxy) is 1. The molecular formula is C12H22N2O5. The van der Waals surface area contributed by atoms with Crippen LogP contribution in [0.5, 0.6) is 0 Å². The molecule has 0 spiro atoms. The molecule has 0 radical (unpaired) electrons. The lowest BCUT2D eigenvalue weighted by atomic mass is 9.99. The Balaban J connectivity index is 2.39. The molecule has 0 unspecified atom stereocenters. The third-order valence-corrected chi connectivity index (χ3v) is 3.33. The summed E-state index contributed by atoms with van der Waals surface area (Å²) in [5.74, 6) is -1.36. The maximum atomic E-state index is 12.1. The van der Waals surface area contributed by atoms with Crippen LogP contribution >= 0.6 is 0 Å². The molecular weight excluding hydrogens is 252 g/mol. The zero-order valence-corrected chi connectivity index (χ0v) is 11.4. The number of urea groups is 1. The third-order valence-electron chi connectivity index (χ3n) is 3.33. The molecule has 7 nitrogen and oxygen atoms in total. The van der Waals surface area contributed by atoms with Gasteiger partial charge in [0.15, 0.2) is 0 Å². The van der Waals surface area contributed by atoms with Crippen LogP contribution in [-0.4, -0.2) is 78.5 Å². The number of amides is 2. The molecule has 1 aliphatic rings. The van der Waals surface area contributed by atoms with Crippen molar-refractivity contribution in [3.05, 3.63) is 0 Å². The molecule has 19 heavy (non-hydrogen) atoms. The maximum Gasteiger partial charge on any atom is 0.319 e. The molecule has 0 saturated carbocycles. The van der Waals surface area contributed by atoms with Gasteiger partial charge in [-0.05, 0) is 5.92 Å². The number of aliphatic carboxylic acids is 1. The van der Waals surface area contributed by atoms with E-state index in [-0.39, 0.29) is 31.7 Å². The third kappa shape index (κ3) is 4.36. The monoisotopic (exact) mass is 274 g/mol. The highest BCUT2D eigenvalue weighted by Gasteiger charge is 2.37. The lowest BCUT2D eigenvalue weighted by molar-refractivity contribution is -0.142. The lowest BCUT2D eigenvalue weighted by Gasteiger charge is -2.24. The Hall–Kier alpha value is -1.34. The Labute approximate surface area is 112 Å². The highest BCUT2D eigenvalue weighted by atomic mass is 16.5. The number of carboxylic acid groups (broad SMARTS) is 1. The van der Waals surface area contributed by atoms with Crippen molar-refractivity contribution in [2.45, 2.75) is 6.92 Å². The molecule has 2 atom stereocenters. The minimum absolute atomic E-state index is 0.0273. The quantitative estimate of drug-likeness (QED) is 0.649. The molecule has 110 valence electrons. The summed E-state index contributed by atoms with van der Waals surface area (Å²) in [5, 5.41) is 17.6. The zero-order chi connectivity index (χ0) is 14.4. The Kier molecular flexibility index (Phi) is 6.04. The highest BCUT2D eigenvalue weighted by molar-refractivity contribution is 5.77. The smallest absolute Gasteiger partial charge is 0.319 e. The van der Waals surface area contributed by atoms with Crippen molar-refractivity contribution in [1.82, 2.24) is 9.80 Å². The summed E-state index contributed by atoms with van der Waals surface area (Å²) in [6.07, 6.45) is 0. The number of rotatable bonds is 6. The first-order valence-corrected chi connectivity index (χ1v) is 6.38. The van der Waals surface area contributed by atoms with E-state index in [1.807, 2.05) is 6.92 Å². The molecule has 0 bridgehead atoms. The van der Waals surface area contributed by atoms with E-state index in [0.29, 0.717) is 19.7 Å². The van der Waals surface area contributed by atoms with Crippen molar-refractivity contribution in [2.75, 3.05) is 46.5 Å². The molecule has 2 N–H and O–H groups in total. The Morgan fingerprint density at radius 2 is 2.05 bits per heavy atom. The maximum absolute atomic E-state index is 12.1. The van der Waals surface area contributed by atoms with Crippen molar-refractivity contribution in [3.63, 3.8) is 0 Å². The number of aliphatic hydroxyl groups excluding tert-OH is 1. The van der Waals surface area contributed by atoms with Gasteiger partial charge in [-0.1, -0.05) is 6.92 Å². The molecule has 1 saturated heterocycles. The normalized spacial score (nSPS) is 22.6. The number of carbonyl (C=O) groups excluding carboxylic acids is 1. The first-order valence-electron chi connectivity index (χ1n) is 6.38. The average Bonchev–Trinajstić information content (AvgIpc) is 2.75. The van der Waals surface area contributed by atoms with Crippen molar-refractivity contribution in [1.29, 1.82) is 0 Å². The number of nitrogens with zero attached hydrogens (tertiary/aromatic N) is 2. The molecule has 2 amide bonds. The van der Waals surface area contributed by atoms with Crippen LogP contribution in [0.3, 0.4) is 0 Å². The minimum Gasteiger partial charge on any atom is -0.481 e. The number of carbonyl (C=O) groups is 2. The van der Waals surface area contributed by atoms with Gasteiger partial charge in [0.1, 0.15) is 0 Å². The predicted molar refractivity (Wildman–Crippen MR) is 67.8 cm³/mol. The van der Waals surface area contributed by atoms with Gasteiger partial charge >= 0.3 is 12.0 Å². The summed E-state index contributed by atoms with van der Waals surface area (Å²) in [7, 11) is 1.66. The summed E-state index contributed by atoms with van der Waals surface area (Å²) in [5.41, 5.74) is 0. The number of hydrogen-bond donors (Lipinski definition) is 2. The zero-order valence-electron chi connectivity index (χ0n) is 11.4. The van der Waals surface area contributed by atoms with E-state index >= 15 is 0 Å². The van der Waals surface area contributed by atoms with Crippen LogP contribution in [0.1, 0.15) is 6.92 Å². The average molecular weight is 274 g/mol. The van der Waals surface area contributed by atoms with Gasteiger partial charge in [-0.2, -0.15) is 0 Å². The van der Waals surface area contributed by atoms with E-state index in [2.05, 4.69) is 0 Å². The number of aliphatic hydroxyl groups is 1. The molecule has 1 rings (SSSR count). The van der Waals surface area contributed by atoms with E-state index < -0.39 is 11.9 Å². The Bertz CT molecular complexity index is 323. The van der Waals surface area contributed by atoms with Crippen molar-refractivity contribution < 1.29 is 24.5 Å². The number of likely N-dealkylation sites (N-methyl/N-ethyl adjacent to an activating group) is 1. The molecule has 0 aromatic carbocycles. The topological polar surface area (TPSA) is 90.3 Å². The van der Waals surface area contributed by atoms with Crippen LogP contribution in [0, 0.1) is 11.8 Å². The van der Waals surface area contributed by atoms with Gasteiger partial charge in [-0.25, -0.2) is 4.79 Å². The van der Waals surface area contributed by atoms with Gasteiger partial charge in [0, 0.05) is 26.7 Å². The van der Waals surface area contributed by atoms with Crippen LogP contribution in [-0.2, 0) is 9.53 Å². The molecule has 0 aromatic rings. The lowest BCUT2D eigenvalue weighted by Crippen LogP contribution is -2.41. The van der Waals surface area contributed by atoms with Gasteiger partial charge < -0.3 is 24.7 Å². The summed E-state index contributed by atoms with van der Waals surface area (Å²) in [4.78, 5) is 26.1. The second kappa shape index (κ2) is 7.30. The second-order valence-electron chi connectivity index (χ2n) is 4.87. The van der Waals surface area contributed by atoms with Crippen LogP contribution in [0.4, 0.5) is 4.79 Å². The summed E-state index contributed by atoms with van der Waals surface area (Å²) < 4.78 is 5.09. The van der Waals surface area contributed by atoms with Crippen LogP contribution < -0.4 is 0 Å². The molecule has 7 heteroatoms. The molecule has 0 aromatic heterocycles. The Morgan fingerprint density at radius 3 is 2.58 bits per heavy atom. The standard InChI is InChI=1S/C12H22N2O5/c1-9-7-14(8-10(9)11(16)17)12(18)13(2)3-5-19-6-4-15/h9-10,15H,3-8H2,1-2H3,(H,16,17)/t9-,10-/m1/s1. The largest absolute Gasteiger partial charge is 0.481 e. The second-order valence-corrected chi connectivity index (χ2v) is 4.87. The first-order chi connectivity index (χ1) is 8.97. The molecule has 1 aliphatic heterocycles. The van der Waals surface area contributed by atoms with E-state index in [4.69, 9.17) is 14.9 Å². The van der Waals surface area contributed by atoms with Crippen molar-refractivity contribution >= 4 is 12.0 Å². The summed E-state index contributed by atoms with van der Waals surface area (Å²) in [6.45, 7) is 3.56. The predicted octanol–water partition coefficient (Wildman–Crippen LogP) is -0.300. The highest BCUT2D eigenvalue weighted by Crippen LogP contribution is 2.23. The van der Waals surface area contributed by atoms with E-state index in [1.54, 1.807) is 11.9 Å². The fourth-order valence-electron chi connectivity index (χ4n) is 2.15. The number of hydrogen-bond acceptors (Lipinski definition) is 4. The van der Waals surface area contributed by atoms with Crippen molar-refractivity contribution in [2.24, 2.45) is 11.8 Å². The summed E-state index contributed by atoms with van der Waals surface area (Å²) >= 11 is 0. The minimum atomic E-state index is -0.850. The van der Waals surface area contributed by atoms with Gasteiger partial charge in [0.2, 0.25) is 0 Å². The molecule has 1 heterocycles. The number of likely N-dealkylation sites (tertiary alicyclic amines) is 1. The summed E-state index contributed by atoms with van der Waals surface area (Å²) in [6, 6.07) is -0.178. The van der Waals surface area contributed by atoms with E-state index in [1.165, 1.54) is 4.90 Å². The van der Waals surface area contributed by atoms with Crippen LogP contribution in [0.15, 0.2) is 0 Å². The SMILES string of the molecule is C[C@@H]1CN(C(=O)N(C)CCOCCO)C[C@H]1C(=O)O. The Morgan fingerprint density at radius 1 is 1.37 bits per heavy atom. The number of carboxylic acids is 1. The van der Waals surface area contributed by atoms with Crippen LogP contribution in [0.25, 0.3) is 0 Å². The van der Waals surface area contributed by atoms with E-state index in [0.717, 1.165) is 0 Å². The molecule has 1 fully saturated rings. The first kappa shape index (κ1) is 15.7. The van der Waals surface area contributed by atoms with Crippen LogP contribution in [0.2, 0.25) is 0 Å². The molecule has 0 aliphatic carbocycles. The fraction of sp³-hybridized carbons (Fsp3) is 0.833. The van der Waals surface area contributed by atoms with Crippen molar-refractivity contribution in [3.8, 4) is 0 Å². The van der Waals surface area contributed by atoms with Gasteiger partial charge in [-0.3, -0.25) is 4.79 Å². The van der Waals surface area contributed by atoms with Gasteiger partial charge in [0.05, 0.1) is 25.7 Å². The van der Waals surface area contributed by atoms with E-state index in [9.17, 15) is 9.59 Å². The van der Waals surface area contributed by atoms with Gasteiger partial charge in [-0.15, -0.1) is 0 Å².